The Hall–Kier alpha value is -1.63. The Morgan fingerprint density at radius 3 is 2.82 bits per heavy atom. The fourth-order valence-electron chi connectivity index (χ4n) is 2.08. The summed E-state index contributed by atoms with van der Waals surface area (Å²) in [6.45, 7) is 2.07. The van der Waals surface area contributed by atoms with Gasteiger partial charge < -0.3 is 0 Å². The quantitative estimate of drug-likeness (QED) is 0.343. The number of aromatic nitrogens is 1. The lowest BCUT2D eigenvalue weighted by molar-refractivity contribution is -0.384. The highest BCUT2D eigenvalue weighted by atomic mass is 35.5. The molecule has 3 rings (SSSR count). The van der Waals surface area contributed by atoms with E-state index in [1.807, 2.05) is 24.3 Å². The number of fused-ring (bicyclic) bond motifs is 1. The number of non-ortho nitro benzene ring substituents is 1. The molecule has 0 spiro atoms. The van der Waals surface area contributed by atoms with Crippen LogP contribution in [0.25, 0.3) is 10.2 Å². The molecule has 0 aliphatic rings. The third-order valence-corrected chi connectivity index (χ3v) is 5.78. The van der Waals surface area contributed by atoms with Crippen molar-refractivity contribution in [2.24, 2.45) is 0 Å². The van der Waals surface area contributed by atoms with E-state index in [2.05, 4.69) is 11.9 Å². The van der Waals surface area contributed by atoms with Gasteiger partial charge in [-0.3, -0.25) is 10.1 Å². The third-order valence-electron chi connectivity index (χ3n) is 3.18. The summed E-state index contributed by atoms with van der Waals surface area (Å²) in [7, 11) is 0. The minimum atomic E-state index is -0.391. The predicted octanol–water partition coefficient (Wildman–Crippen LogP) is 5.71. The Morgan fingerprint density at radius 2 is 2.09 bits per heavy atom. The van der Waals surface area contributed by atoms with Crippen molar-refractivity contribution in [2.75, 3.05) is 0 Å². The summed E-state index contributed by atoms with van der Waals surface area (Å²) in [4.78, 5) is 15.0. The van der Waals surface area contributed by atoms with Crippen LogP contribution in [0.2, 0.25) is 5.02 Å². The zero-order valence-corrected chi connectivity index (χ0v) is 13.9. The summed E-state index contributed by atoms with van der Waals surface area (Å²) in [5.74, 6) is 0. The maximum absolute atomic E-state index is 10.8. The monoisotopic (exact) mass is 350 g/mol. The number of benzene rings is 2. The molecule has 7 heteroatoms. The summed E-state index contributed by atoms with van der Waals surface area (Å²) in [5, 5.41) is 11.7. The van der Waals surface area contributed by atoms with E-state index in [1.54, 1.807) is 23.9 Å². The van der Waals surface area contributed by atoms with E-state index in [-0.39, 0.29) is 10.9 Å². The Bertz CT molecular complexity index is 850. The van der Waals surface area contributed by atoms with Gasteiger partial charge in [-0.05, 0) is 24.6 Å². The fourth-order valence-corrected chi connectivity index (χ4v) is 4.85. The van der Waals surface area contributed by atoms with Crippen LogP contribution in [0.3, 0.4) is 0 Å². The molecule has 0 aliphatic heterocycles. The average molecular weight is 351 g/mol. The molecule has 1 aromatic heterocycles. The summed E-state index contributed by atoms with van der Waals surface area (Å²) in [5.41, 5.74) is 1.93. The molecule has 1 heterocycles. The Kier molecular flexibility index (Phi) is 4.33. The molecule has 0 saturated heterocycles. The van der Waals surface area contributed by atoms with Crippen molar-refractivity contribution in [1.29, 1.82) is 0 Å². The predicted molar refractivity (Wildman–Crippen MR) is 92.0 cm³/mol. The van der Waals surface area contributed by atoms with Crippen molar-refractivity contribution >= 4 is 50.6 Å². The molecule has 0 saturated carbocycles. The largest absolute Gasteiger partial charge is 0.270 e. The molecule has 2 aromatic carbocycles. The van der Waals surface area contributed by atoms with Crippen LogP contribution in [0.1, 0.15) is 17.7 Å². The van der Waals surface area contributed by atoms with Gasteiger partial charge in [-0.15, -0.1) is 11.3 Å². The fraction of sp³-hybridized carbons (Fsp3) is 0.133. The van der Waals surface area contributed by atoms with Crippen LogP contribution in [-0.2, 0) is 0 Å². The van der Waals surface area contributed by atoms with Gasteiger partial charge in [0, 0.05) is 22.4 Å². The summed E-state index contributed by atoms with van der Waals surface area (Å²) >= 11 is 9.28. The van der Waals surface area contributed by atoms with E-state index in [1.165, 1.54) is 17.4 Å². The first-order chi connectivity index (χ1) is 10.5. The Labute approximate surface area is 140 Å². The molecule has 0 aliphatic carbocycles. The molecule has 4 nitrogen and oxygen atoms in total. The van der Waals surface area contributed by atoms with Crippen LogP contribution >= 0.6 is 34.7 Å². The van der Waals surface area contributed by atoms with Crippen LogP contribution in [-0.4, -0.2) is 9.91 Å². The molecule has 3 aromatic rings. The Balaban J connectivity index is 1.88. The van der Waals surface area contributed by atoms with E-state index in [4.69, 9.17) is 11.6 Å². The molecule has 0 N–H and O–H groups in total. The van der Waals surface area contributed by atoms with E-state index < -0.39 is 4.92 Å². The van der Waals surface area contributed by atoms with Gasteiger partial charge in [0.05, 0.1) is 15.1 Å². The van der Waals surface area contributed by atoms with Crippen LogP contribution in [0.4, 0.5) is 5.69 Å². The average Bonchev–Trinajstić information content (AvgIpc) is 2.88. The molecule has 0 unspecified atom stereocenters. The molecule has 1 atom stereocenters. The van der Waals surface area contributed by atoms with Gasteiger partial charge in [-0.2, -0.15) is 0 Å². The normalized spacial score (nSPS) is 12.5. The topological polar surface area (TPSA) is 56.0 Å². The number of nitro benzene ring substituents is 1. The van der Waals surface area contributed by atoms with Crippen LogP contribution in [0.5, 0.6) is 0 Å². The van der Waals surface area contributed by atoms with Crippen molar-refractivity contribution in [3.63, 3.8) is 0 Å². The second-order valence-corrected chi connectivity index (χ2v) is 7.70. The number of nitrogens with zero attached hydrogens (tertiary/aromatic N) is 2. The van der Waals surface area contributed by atoms with Gasteiger partial charge in [-0.1, -0.05) is 41.6 Å². The van der Waals surface area contributed by atoms with E-state index in [0.717, 1.165) is 25.1 Å². The Morgan fingerprint density at radius 1 is 1.32 bits per heavy atom. The number of halogens is 1. The summed E-state index contributed by atoms with van der Waals surface area (Å²) in [6.07, 6.45) is 0. The van der Waals surface area contributed by atoms with Gasteiger partial charge in [0.25, 0.3) is 5.69 Å². The molecule has 22 heavy (non-hydrogen) atoms. The molecule has 0 radical (unpaired) electrons. The molecule has 0 fully saturated rings. The number of hydrogen-bond donors (Lipinski definition) is 0. The third kappa shape index (κ3) is 3.09. The zero-order valence-electron chi connectivity index (χ0n) is 11.5. The van der Waals surface area contributed by atoms with Crippen molar-refractivity contribution in [1.82, 2.24) is 4.98 Å². The molecular formula is C15H11ClN2O2S2. The first-order valence-corrected chi connectivity index (χ1v) is 8.58. The first kappa shape index (κ1) is 15.3. The number of nitro groups is 1. The number of rotatable bonds is 4. The lowest BCUT2D eigenvalue weighted by atomic mass is 10.2. The van der Waals surface area contributed by atoms with Crippen molar-refractivity contribution in [3.05, 3.63) is 63.2 Å². The first-order valence-electron chi connectivity index (χ1n) is 6.50. The zero-order chi connectivity index (χ0) is 15.7. The smallest absolute Gasteiger partial charge is 0.258 e. The van der Waals surface area contributed by atoms with Crippen LogP contribution < -0.4 is 0 Å². The standard InChI is InChI=1S/C15H11ClN2O2S2/c1-9(11-4-2-3-5-12(11)16)21-15-17-13-7-6-10(18(19)20)8-14(13)22-15/h2-9H,1H3/t9-/m1/s1. The highest BCUT2D eigenvalue weighted by molar-refractivity contribution is 8.01. The summed E-state index contributed by atoms with van der Waals surface area (Å²) in [6, 6.07) is 12.5. The minimum Gasteiger partial charge on any atom is -0.258 e. The van der Waals surface area contributed by atoms with Gasteiger partial charge >= 0.3 is 0 Å². The number of hydrogen-bond acceptors (Lipinski definition) is 5. The highest BCUT2D eigenvalue weighted by Gasteiger charge is 2.15. The molecule has 112 valence electrons. The van der Waals surface area contributed by atoms with E-state index >= 15 is 0 Å². The molecule has 0 bridgehead atoms. The van der Waals surface area contributed by atoms with Crippen LogP contribution in [0, 0.1) is 10.1 Å². The van der Waals surface area contributed by atoms with E-state index in [9.17, 15) is 10.1 Å². The molecule has 0 amide bonds. The lowest BCUT2D eigenvalue weighted by Gasteiger charge is -2.10. The summed E-state index contributed by atoms with van der Waals surface area (Å²) < 4.78 is 1.70. The van der Waals surface area contributed by atoms with Crippen molar-refractivity contribution in [2.45, 2.75) is 16.5 Å². The van der Waals surface area contributed by atoms with Gasteiger partial charge in [0.2, 0.25) is 0 Å². The SMILES string of the molecule is C[C@@H](Sc1nc2ccc([N+](=O)[O-])cc2s1)c1ccccc1Cl. The maximum Gasteiger partial charge on any atom is 0.270 e. The van der Waals surface area contributed by atoms with Gasteiger partial charge in [0.15, 0.2) is 4.34 Å². The second kappa shape index (κ2) is 6.24. The van der Waals surface area contributed by atoms with Crippen LogP contribution in [0.15, 0.2) is 46.8 Å². The highest BCUT2D eigenvalue weighted by Crippen LogP contribution is 2.41. The number of thioether (sulfide) groups is 1. The number of thiazole rings is 1. The van der Waals surface area contributed by atoms with E-state index in [0.29, 0.717) is 0 Å². The molecular weight excluding hydrogens is 340 g/mol. The van der Waals surface area contributed by atoms with Crippen molar-refractivity contribution in [3.8, 4) is 0 Å². The maximum atomic E-state index is 10.8. The van der Waals surface area contributed by atoms with Gasteiger partial charge in [0.1, 0.15) is 0 Å². The minimum absolute atomic E-state index is 0.0897. The van der Waals surface area contributed by atoms with Gasteiger partial charge in [-0.25, -0.2) is 4.98 Å². The second-order valence-electron chi connectivity index (χ2n) is 4.67. The van der Waals surface area contributed by atoms with Crippen molar-refractivity contribution < 1.29 is 4.92 Å². The lowest BCUT2D eigenvalue weighted by Crippen LogP contribution is -1.89.